The van der Waals surface area contributed by atoms with E-state index in [1.807, 2.05) is 37.3 Å². The molecule has 2 amide bonds. The van der Waals surface area contributed by atoms with Gasteiger partial charge in [0.05, 0.1) is 6.04 Å². The summed E-state index contributed by atoms with van der Waals surface area (Å²) in [7, 11) is 0. The number of amides is 2. The van der Waals surface area contributed by atoms with Gasteiger partial charge in [0.15, 0.2) is 0 Å². The van der Waals surface area contributed by atoms with Crippen molar-refractivity contribution in [2.75, 3.05) is 6.54 Å². The summed E-state index contributed by atoms with van der Waals surface area (Å²) in [5, 5.41) is 7.16. The lowest BCUT2D eigenvalue weighted by molar-refractivity contribution is -0.121. The number of halogens is 1. The minimum absolute atomic E-state index is 0.158. The molecule has 1 aromatic heterocycles. The van der Waals surface area contributed by atoms with E-state index in [2.05, 4.69) is 10.6 Å². The van der Waals surface area contributed by atoms with Crippen molar-refractivity contribution in [3.05, 3.63) is 70.9 Å². The molecular formula is C20H19ClN2O3. The summed E-state index contributed by atoms with van der Waals surface area (Å²) in [5.41, 5.74) is 1.30. The highest BCUT2D eigenvalue weighted by Gasteiger charge is 2.14. The number of benzene rings is 2. The molecular weight excluding hydrogens is 352 g/mol. The Balaban J connectivity index is 1.47. The van der Waals surface area contributed by atoms with Gasteiger partial charge in [-0.1, -0.05) is 29.8 Å². The molecule has 0 radical (unpaired) electrons. The van der Waals surface area contributed by atoms with Crippen LogP contribution in [0.1, 0.15) is 35.5 Å². The minimum atomic E-state index is -0.248. The third-order valence-electron chi connectivity index (χ3n) is 3.99. The van der Waals surface area contributed by atoms with Gasteiger partial charge in [0, 0.05) is 28.9 Å². The lowest BCUT2D eigenvalue weighted by atomic mass is 10.2. The molecule has 26 heavy (non-hydrogen) atoms. The first-order chi connectivity index (χ1) is 12.5. The maximum Gasteiger partial charge on any atom is 0.251 e. The van der Waals surface area contributed by atoms with Gasteiger partial charge in [-0.3, -0.25) is 9.59 Å². The van der Waals surface area contributed by atoms with E-state index in [-0.39, 0.29) is 30.8 Å². The van der Waals surface area contributed by atoms with Crippen LogP contribution < -0.4 is 10.6 Å². The monoisotopic (exact) mass is 370 g/mol. The molecule has 0 bridgehead atoms. The van der Waals surface area contributed by atoms with Crippen LogP contribution in [0, 0.1) is 0 Å². The molecule has 0 aliphatic rings. The third kappa shape index (κ3) is 4.43. The van der Waals surface area contributed by atoms with E-state index in [4.69, 9.17) is 16.0 Å². The van der Waals surface area contributed by atoms with Gasteiger partial charge >= 0.3 is 0 Å². The number of carbonyl (C=O) groups excluding carboxylic acids is 2. The van der Waals surface area contributed by atoms with Gasteiger partial charge in [0.25, 0.3) is 5.91 Å². The first-order valence-electron chi connectivity index (χ1n) is 8.34. The van der Waals surface area contributed by atoms with Crippen LogP contribution in [0.3, 0.4) is 0 Å². The van der Waals surface area contributed by atoms with E-state index in [9.17, 15) is 9.59 Å². The van der Waals surface area contributed by atoms with Gasteiger partial charge in [-0.15, -0.1) is 0 Å². The Morgan fingerprint density at radius 1 is 1.12 bits per heavy atom. The zero-order valence-corrected chi connectivity index (χ0v) is 15.0. The molecule has 0 fully saturated rings. The molecule has 1 heterocycles. The predicted octanol–water partition coefficient (Wildman–Crippen LogP) is 4.08. The molecule has 0 unspecified atom stereocenters. The third-order valence-corrected chi connectivity index (χ3v) is 4.24. The van der Waals surface area contributed by atoms with Crippen molar-refractivity contribution in [3.63, 3.8) is 0 Å². The molecule has 6 heteroatoms. The summed E-state index contributed by atoms with van der Waals surface area (Å²) in [5.74, 6) is 0.305. The van der Waals surface area contributed by atoms with Gasteiger partial charge in [-0.05, 0) is 43.3 Å². The van der Waals surface area contributed by atoms with E-state index in [1.165, 1.54) is 0 Å². The average molecular weight is 371 g/mol. The average Bonchev–Trinajstić information content (AvgIpc) is 3.06. The number of fused-ring (bicyclic) bond motifs is 1. The van der Waals surface area contributed by atoms with Crippen molar-refractivity contribution in [3.8, 4) is 0 Å². The molecule has 1 atom stereocenters. The van der Waals surface area contributed by atoms with Crippen molar-refractivity contribution in [1.29, 1.82) is 0 Å². The Kier molecular flexibility index (Phi) is 5.58. The van der Waals surface area contributed by atoms with Crippen molar-refractivity contribution in [2.45, 2.75) is 19.4 Å². The van der Waals surface area contributed by atoms with Crippen LogP contribution in [0.4, 0.5) is 0 Å². The quantitative estimate of drug-likeness (QED) is 0.686. The fraction of sp³-hybridized carbons (Fsp3) is 0.200. The molecule has 2 N–H and O–H groups in total. The molecule has 3 rings (SSSR count). The first kappa shape index (κ1) is 18.0. The Morgan fingerprint density at radius 3 is 2.58 bits per heavy atom. The van der Waals surface area contributed by atoms with Crippen molar-refractivity contribution >= 4 is 34.4 Å². The van der Waals surface area contributed by atoms with Gasteiger partial charge in [-0.2, -0.15) is 0 Å². The predicted molar refractivity (Wildman–Crippen MR) is 101 cm³/mol. The summed E-state index contributed by atoms with van der Waals surface area (Å²) >= 11 is 5.79. The Hall–Kier alpha value is -2.79. The largest absolute Gasteiger partial charge is 0.459 e. The van der Waals surface area contributed by atoms with Gasteiger partial charge in [-0.25, -0.2) is 0 Å². The summed E-state index contributed by atoms with van der Waals surface area (Å²) in [6, 6.07) is 15.9. The number of carbonyl (C=O) groups is 2. The van der Waals surface area contributed by atoms with Crippen LogP contribution in [0.15, 0.2) is 59.0 Å². The molecule has 3 aromatic rings. The van der Waals surface area contributed by atoms with Crippen LogP contribution >= 0.6 is 11.6 Å². The van der Waals surface area contributed by atoms with Crippen molar-refractivity contribution in [1.82, 2.24) is 10.6 Å². The molecule has 2 aromatic carbocycles. The maximum atomic E-state index is 12.1. The van der Waals surface area contributed by atoms with Crippen LogP contribution in [0.5, 0.6) is 0 Å². The van der Waals surface area contributed by atoms with E-state index in [1.54, 1.807) is 24.3 Å². The molecule has 0 saturated heterocycles. The highest BCUT2D eigenvalue weighted by atomic mass is 35.5. The van der Waals surface area contributed by atoms with Crippen LogP contribution in [0.2, 0.25) is 5.02 Å². The second-order valence-corrected chi connectivity index (χ2v) is 6.43. The standard InChI is InChI=1S/C20H19ClN2O3/c1-13(18-12-15-4-2-3-5-17(15)26-18)23-19(24)10-11-22-20(25)14-6-8-16(21)9-7-14/h2-9,12-13H,10-11H2,1H3,(H,22,25)(H,23,24)/t13-/m1/s1. The summed E-state index contributed by atoms with van der Waals surface area (Å²) in [6.07, 6.45) is 0.184. The number of para-hydroxylation sites is 1. The lowest BCUT2D eigenvalue weighted by Gasteiger charge is -2.11. The maximum absolute atomic E-state index is 12.1. The van der Waals surface area contributed by atoms with Crippen LogP contribution in [0.25, 0.3) is 11.0 Å². The Labute approximate surface area is 156 Å². The normalized spacial score (nSPS) is 11.9. The summed E-state index contributed by atoms with van der Waals surface area (Å²) < 4.78 is 5.75. The number of hydrogen-bond acceptors (Lipinski definition) is 3. The highest BCUT2D eigenvalue weighted by Crippen LogP contribution is 2.23. The fourth-order valence-corrected chi connectivity index (χ4v) is 2.72. The summed E-state index contributed by atoms with van der Waals surface area (Å²) in [6.45, 7) is 2.11. The molecule has 0 saturated carbocycles. The van der Waals surface area contributed by atoms with Crippen LogP contribution in [-0.4, -0.2) is 18.4 Å². The van der Waals surface area contributed by atoms with Crippen molar-refractivity contribution in [2.24, 2.45) is 0 Å². The van der Waals surface area contributed by atoms with E-state index >= 15 is 0 Å². The van der Waals surface area contributed by atoms with Crippen LogP contribution in [-0.2, 0) is 4.79 Å². The highest BCUT2D eigenvalue weighted by molar-refractivity contribution is 6.30. The zero-order valence-electron chi connectivity index (χ0n) is 14.3. The van der Waals surface area contributed by atoms with Crippen molar-refractivity contribution < 1.29 is 14.0 Å². The smallest absolute Gasteiger partial charge is 0.251 e. The minimum Gasteiger partial charge on any atom is -0.459 e. The van der Waals surface area contributed by atoms with Gasteiger partial charge < -0.3 is 15.1 Å². The Morgan fingerprint density at radius 2 is 1.85 bits per heavy atom. The Bertz CT molecular complexity index is 885. The first-order valence-corrected chi connectivity index (χ1v) is 8.72. The van der Waals surface area contributed by atoms with E-state index in [0.29, 0.717) is 16.3 Å². The van der Waals surface area contributed by atoms with E-state index in [0.717, 1.165) is 11.0 Å². The second-order valence-electron chi connectivity index (χ2n) is 5.99. The number of furan rings is 1. The zero-order chi connectivity index (χ0) is 18.5. The second kappa shape index (κ2) is 8.06. The number of hydrogen-bond donors (Lipinski definition) is 2. The molecule has 0 aliphatic heterocycles. The molecule has 0 aliphatic carbocycles. The topological polar surface area (TPSA) is 71.3 Å². The molecule has 134 valence electrons. The van der Waals surface area contributed by atoms with Gasteiger partial charge in [0.2, 0.25) is 5.91 Å². The fourth-order valence-electron chi connectivity index (χ4n) is 2.59. The number of rotatable bonds is 6. The lowest BCUT2D eigenvalue weighted by Crippen LogP contribution is -2.31. The molecule has 5 nitrogen and oxygen atoms in total. The molecule has 0 spiro atoms. The summed E-state index contributed by atoms with van der Waals surface area (Å²) in [4.78, 5) is 24.1. The number of nitrogens with one attached hydrogen (secondary N) is 2. The SMILES string of the molecule is C[C@@H](NC(=O)CCNC(=O)c1ccc(Cl)cc1)c1cc2ccccc2o1. The van der Waals surface area contributed by atoms with Gasteiger partial charge in [0.1, 0.15) is 11.3 Å². The van der Waals surface area contributed by atoms with E-state index < -0.39 is 0 Å².